The summed E-state index contributed by atoms with van der Waals surface area (Å²) in [7, 11) is -1.84. The summed E-state index contributed by atoms with van der Waals surface area (Å²) in [6.45, 7) is 3.72. The first kappa shape index (κ1) is 21.1. The number of nitrogens with zero attached hydrogens (tertiary/aromatic N) is 1. The molecule has 2 aromatic rings. The van der Waals surface area contributed by atoms with E-state index in [0.29, 0.717) is 11.4 Å². The third kappa shape index (κ3) is 5.90. The van der Waals surface area contributed by atoms with Gasteiger partial charge in [0, 0.05) is 11.9 Å². The van der Waals surface area contributed by atoms with E-state index in [0.717, 1.165) is 22.6 Å². The summed E-state index contributed by atoms with van der Waals surface area (Å²) in [6.07, 6.45) is 0.432. The van der Waals surface area contributed by atoms with Crippen molar-refractivity contribution >= 4 is 39.1 Å². The Hall–Kier alpha value is -2.19. The average molecular weight is 409 g/mol. The molecule has 0 saturated carbocycles. The van der Waals surface area contributed by atoms with E-state index in [2.05, 4.69) is 12.2 Å². The summed E-state index contributed by atoms with van der Waals surface area (Å²) in [6, 6.07) is 14.2. The predicted molar refractivity (Wildman–Crippen MR) is 111 cm³/mol. The Kier molecular flexibility index (Phi) is 7.15. The van der Waals surface area contributed by atoms with Crippen LogP contribution in [0.25, 0.3) is 0 Å². The second-order valence-corrected chi connectivity index (χ2v) is 9.22. The molecule has 0 radical (unpaired) electrons. The summed E-state index contributed by atoms with van der Waals surface area (Å²) in [5.41, 5.74) is 1.28. The van der Waals surface area contributed by atoms with Gasteiger partial charge >= 0.3 is 0 Å². The van der Waals surface area contributed by atoms with E-state index >= 15 is 0 Å². The number of carbonyl (C=O) groups excluding carboxylic acids is 1. The van der Waals surface area contributed by atoms with Gasteiger partial charge in [-0.15, -0.1) is 11.8 Å². The summed E-state index contributed by atoms with van der Waals surface area (Å²) in [5, 5.41) is 2.89. The number of anilines is 2. The zero-order valence-corrected chi connectivity index (χ0v) is 17.4. The molecule has 8 heteroatoms. The highest BCUT2D eigenvalue weighted by Crippen LogP contribution is 2.27. The zero-order chi connectivity index (χ0) is 20.0. The van der Waals surface area contributed by atoms with Crippen LogP contribution in [-0.4, -0.2) is 39.5 Å². The number of hydrogen-bond donors (Lipinski definition) is 1. The van der Waals surface area contributed by atoms with Crippen molar-refractivity contribution < 1.29 is 17.9 Å². The largest absolute Gasteiger partial charge is 0.481 e. The average Bonchev–Trinajstić information content (AvgIpc) is 2.62. The Bertz CT molecular complexity index is 883. The van der Waals surface area contributed by atoms with Crippen molar-refractivity contribution in [2.45, 2.75) is 24.8 Å². The Morgan fingerprint density at radius 3 is 2.41 bits per heavy atom. The lowest BCUT2D eigenvalue weighted by molar-refractivity contribution is -0.122. The van der Waals surface area contributed by atoms with Crippen molar-refractivity contribution in [2.24, 2.45) is 0 Å². The molecule has 1 amide bonds. The molecule has 0 heterocycles. The quantitative estimate of drug-likeness (QED) is 0.676. The van der Waals surface area contributed by atoms with E-state index in [1.807, 2.05) is 24.3 Å². The standard InChI is InChI=1S/C19H24N2O4S2/c1-5-26-18-9-7-6-8-17(18)20-19(22)14(2)25-16-12-10-15(11-13-16)21(3)27(4,23)24/h6-14H,5H2,1-4H3,(H,20,22)/t14-/m1/s1. The maximum Gasteiger partial charge on any atom is 0.265 e. The third-order valence-electron chi connectivity index (χ3n) is 3.82. The lowest BCUT2D eigenvalue weighted by atomic mass is 10.2. The molecule has 0 saturated heterocycles. The van der Waals surface area contributed by atoms with Gasteiger partial charge in [0.05, 0.1) is 17.6 Å². The maximum absolute atomic E-state index is 12.4. The molecule has 0 unspecified atom stereocenters. The van der Waals surface area contributed by atoms with E-state index in [1.54, 1.807) is 43.0 Å². The van der Waals surface area contributed by atoms with E-state index in [4.69, 9.17) is 4.74 Å². The van der Waals surface area contributed by atoms with Crippen LogP contribution in [0, 0.1) is 0 Å². The predicted octanol–water partition coefficient (Wildman–Crippen LogP) is 3.60. The van der Waals surface area contributed by atoms with Gasteiger partial charge in [-0.05, 0) is 49.1 Å². The highest BCUT2D eigenvalue weighted by atomic mass is 32.2. The highest BCUT2D eigenvalue weighted by Gasteiger charge is 2.17. The fourth-order valence-electron chi connectivity index (χ4n) is 2.27. The van der Waals surface area contributed by atoms with Crippen LogP contribution in [0.15, 0.2) is 53.4 Å². The second-order valence-electron chi connectivity index (χ2n) is 5.90. The molecule has 1 N–H and O–H groups in total. The van der Waals surface area contributed by atoms with Crippen LogP contribution in [0.4, 0.5) is 11.4 Å². The van der Waals surface area contributed by atoms with E-state index in [-0.39, 0.29) is 5.91 Å². The molecule has 1 atom stereocenters. The van der Waals surface area contributed by atoms with E-state index in [9.17, 15) is 13.2 Å². The van der Waals surface area contributed by atoms with Gasteiger partial charge in [0.2, 0.25) is 10.0 Å². The number of rotatable bonds is 8. The van der Waals surface area contributed by atoms with Crippen molar-refractivity contribution in [2.75, 3.05) is 28.7 Å². The highest BCUT2D eigenvalue weighted by molar-refractivity contribution is 7.99. The lowest BCUT2D eigenvalue weighted by Crippen LogP contribution is -2.30. The number of hydrogen-bond acceptors (Lipinski definition) is 5. The minimum absolute atomic E-state index is 0.253. The van der Waals surface area contributed by atoms with Gasteiger partial charge in [-0.3, -0.25) is 9.10 Å². The number of ether oxygens (including phenoxy) is 1. The van der Waals surface area contributed by atoms with Gasteiger partial charge < -0.3 is 10.1 Å². The molecule has 0 aliphatic carbocycles. The first-order chi connectivity index (χ1) is 12.7. The van der Waals surface area contributed by atoms with Crippen molar-refractivity contribution in [3.63, 3.8) is 0 Å². The normalized spacial score (nSPS) is 12.3. The van der Waals surface area contributed by atoms with Crippen LogP contribution in [-0.2, 0) is 14.8 Å². The number of benzene rings is 2. The molecule has 2 aromatic carbocycles. The molecular weight excluding hydrogens is 384 g/mol. The summed E-state index contributed by atoms with van der Waals surface area (Å²) < 4.78 is 30.0. The molecule has 0 aliphatic rings. The third-order valence-corrected chi connectivity index (χ3v) is 5.99. The van der Waals surface area contributed by atoms with Gasteiger partial charge in [0.15, 0.2) is 6.10 Å². The molecule has 0 fully saturated rings. The molecule has 27 heavy (non-hydrogen) atoms. The maximum atomic E-state index is 12.4. The summed E-state index contributed by atoms with van der Waals surface area (Å²) >= 11 is 1.66. The van der Waals surface area contributed by atoms with Gasteiger partial charge in [-0.25, -0.2) is 8.42 Å². The SMILES string of the molecule is CCSc1ccccc1NC(=O)[C@@H](C)Oc1ccc(N(C)S(C)(=O)=O)cc1. The molecule has 6 nitrogen and oxygen atoms in total. The zero-order valence-electron chi connectivity index (χ0n) is 15.8. The molecule has 0 aliphatic heterocycles. The van der Waals surface area contributed by atoms with Crippen molar-refractivity contribution in [3.05, 3.63) is 48.5 Å². The molecular formula is C19H24N2O4S2. The summed E-state index contributed by atoms with van der Waals surface area (Å²) in [5.74, 6) is 1.14. The van der Waals surface area contributed by atoms with Crippen molar-refractivity contribution in [3.8, 4) is 5.75 Å². The topological polar surface area (TPSA) is 75.7 Å². The number of thioether (sulfide) groups is 1. The fourth-order valence-corrected chi connectivity index (χ4v) is 3.53. The first-order valence-corrected chi connectivity index (χ1v) is 11.3. The van der Waals surface area contributed by atoms with E-state index in [1.165, 1.54) is 11.4 Å². The Balaban J connectivity index is 2.02. The molecule has 0 bridgehead atoms. The fraction of sp³-hybridized carbons (Fsp3) is 0.316. The number of nitrogens with one attached hydrogen (secondary N) is 1. The second kappa shape index (κ2) is 9.14. The molecule has 2 rings (SSSR count). The van der Waals surface area contributed by atoms with Crippen LogP contribution >= 0.6 is 11.8 Å². The van der Waals surface area contributed by atoms with Gasteiger partial charge in [0.25, 0.3) is 5.91 Å². The number of carbonyl (C=O) groups is 1. The van der Waals surface area contributed by atoms with Gasteiger partial charge in [0.1, 0.15) is 5.75 Å². The molecule has 0 spiro atoms. The van der Waals surface area contributed by atoms with Crippen molar-refractivity contribution in [1.29, 1.82) is 0 Å². The minimum Gasteiger partial charge on any atom is -0.481 e. The summed E-state index contributed by atoms with van der Waals surface area (Å²) in [4.78, 5) is 13.5. The van der Waals surface area contributed by atoms with Crippen LogP contribution in [0.2, 0.25) is 0 Å². The monoisotopic (exact) mass is 408 g/mol. The minimum atomic E-state index is -3.32. The molecule has 146 valence electrons. The Morgan fingerprint density at radius 2 is 1.81 bits per heavy atom. The number of amides is 1. The van der Waals surface area contributed by atoms with Crippen molar-refractivity contribution in [1.82, 2.24) is 0 Å². The lowest BCUT2D eigenvalue weighted by Gasteiger charge is -2.18. The van der Waals surface area contributed by atoms with Gasteiger partial charge in [-0.1, -0.05) is 19.1 Å². The molecule has 0 aromatic heterocycles. The Labute approximate surface area is 165 Å². The Morgan fingerprint density at radius 1 is 1.19 bits per heavy atom. The van der Waals surface area contributed by atoms with Crippen LogP contribution in [0.1, 0.15) is 13.8 Å². The first-order valence-electron chi connectivity index (χ1n) is 8.45. The van der Waals surface area contributed by atoms with Crippen LogP contribution < -0.4 is 14.4 Å². The van der Waals surface area contributed by atoms with E-state index < -0.39 is 16.1 Å². The number of sulfonamides is 1. The smallest absolute Gasteiger partial charge is 0.265 e. The van der Waals surface area contributed by atoms with Crippen LogP contribution in [0.3, 0.4) is 0 Å². The van der Waals surface area contributed by atoms with Gasteiger partial charge in [-0.2, -0.15) is 0 Å². The van der Waals surface area contributed by atoms with Crippen LogP contribution in [0.5, 0.6) is 5.75 Å². The number of para-hydroxylation sites is 1.